The van der Waals surface area contributed by atoms with E-state index in [-0.39, 0.29) is 30.5 Å². The van der Waals surface area contributed by atoms with Gasteiger partial charge in [0.05, 0.1) is 6.54 Å². The molecule has 0 aliphatic heterocycles. The van der Waals surface area contributed by atoms with Crippen LogP contribution in [0.15, 0.2) is 24.3 Å². The van der Waals surface area contributed by atoms with Gasteiger partial charge in [-0.25, -0.2) is 4.39 Å². The van der Waals surface area contributed by atoms with E-state index in [1.165, 1.54) is 12.1 Å². The third-order valence-corrected chi connectivity index (χ3v) is 2.76. The Labute approximate surface area is 112 Å². The maximum absolute atomic E-state index is 12.7. The second kappa shape index (κ2) is 7.63. The largest absolute Gasteiger partial charge is 0.359 e. The smallest absolute Gasteiger partial charge is 0.221 e. The second-order valence-corrected chi connectivity index (χ2v) is 4.50. The van der Waals surface area contributed by atoms with Gasteiger partial charge in [-0.3, -0.25) is 14.5 Å². The van der Waals surface area contributed by atoms with Crippen molar-refractivity contribution in [1.29, 1.82) is 0 Å². The number of Topliss-reactive ketones (excluding diaryl/α,β-unsaturated/α-hetero) is 1. The number of nitrogens with zero attached hydrogens (tertiary/aromatic N) is 1. The number of hydrogen-bond acceptors (Lipinski definition) is 3. The van der Waals surface area contributed by atoms with Gasteiger partial charge in [0.25, 0.3) is 0 Å². The van der Waals surface area contributed by atoms with Crippen molar-refractivity contribution in [3.8, 4) is 0 Å². The van der Waals surface area contributed by atoms with Gasteiger partial charge < -0.3 is 5.32 Å². The fourth-order valence-corrected chi connectivity index (χ4v) is 1.68. The molecule has 1 aromatic carbocycles. The van der Waals surface area contributed by atoms with E-state index in [0.29, 0.717) is 13.0 Å². The number of halogens is 1. The van der Waals surface area contributed by atoms with Crippen LogP contribution in [0.3, 0.4) is 0 Å². The Kier molecular flexibility index (Phi) is 6.15. The molecular weight excluding hydrogens is 247 g/mol. The lowest BCUT2D eigenvalue weighted by atomic mass is 10.1. The molecule has 4 nitrogen and oxygen atoms in total. The fraction of sp³-hybridized carbons (Fsp3) is 0.429. The Morgan fingerprint density at radius 2 is 1.89 bits per heavy atom. The Morgan fingerprint density at radius 3 is 2.47 bits per heavy atom. The molecule has 1 N–H and O–H groups in total. The maximum Gasteiger partial charge on any atom is 0.221 e. The molecule has 104 valence electrons. The van der Waals surface area contributed by atoms with Crippen molar-refractivity contribution < 1.29 is 14.0 Å². The van der Waals surface area contributed by atoms with Crippen molar-refractivity contribution in [2.45, 2.75) is 12.8 Å². The van der Waals surface area contributed by atoms with E-state index in [0.717, 1.165) is 5.56 Å². The van der Waals surface area contributed by atoms with E-state index in [9.17, 15) is 14.0 Å². The van der Waals surface area contributed by atoms with Crippen LogP contribution in [0, 0.1) is 5.82 Å². The molecule has 19 heavy (non-hydrogen) atoms. The van der Waals surface area contributed by atoms with Gasteiger partial charge >= 0.3 is 0 Å². The molecule has 0 aliphatic carbocycles. The van der Waals surface area contributed by atoms with Crippen LogP contribution in [-0.4, -0.2) is 43.8 Å². The lowest BCUT2D eigenvalue weighted by Gasteiger charge is -2.15. The number of nitrogens with one attached hydrogen (secondary N) is 1. The average molecular weight is 266 g/mol. The molecule has 0 aromatic heterocycles. The van der Waals surface area contributed by atoms with Crippen molar-refractivity contribution >= 4 is 11.7 Å². The molecule has 0 unspecified atom stereocenters. The number of rotatable bonds is 7. The summed E-state index contributed by atoms with van der Waals surface area (Å²) in [5, 5.41) is 2.53. The topological polar surface area (TPSA) is 49.4 Å². The fourth-order valence-electron chi connectivity index (χ4n) is 1.68. The van der Waals surface area contributed by atoms with Crippen LogP contribution >= 0.6 is 0 Å². The summed E-state index contributed by atoms with van der Waals surface area (Å²) in [4.78, 5) is 24.7. The summed E-state index contributed by atoms with van der Waals surface area (Å²) >= 11 is 0. The Bertz CT molecular complexity index is 432. The van der Waals surface area contributed by atoms with Gasteiger partial charge in [0.1, 0.15) is 5.82 Å². The van der Waals surface area contributed by atoms with Crippen LogP contribution in [0.1, 0.15) is 12.0 Å². The molecule has 1 amide bonds. The van der Waals surface area contributed by atoms with E-state index >= 15 is 0 Å². The third-order valence-electron chi connectivity index (χ3n) is 2.76. The van der Waals surface area contributed by atoms with E-state index in [4.69, 9.17) is 0 Å². The molecule has 0 heterocycles. The molecule has 5 heteroatoms. The molecule has 0 saturated carbocycles. The third kappa shape index (κ3) is 6.10. The maximum atomic E-state index is 12.7. The van der Waals surface area contributed by atoms with Gasteiger partial charge in [-0.05, 0) is 24.7 Å². The van der Waals surface area contributed by atoms with Crippen molar-refractivity contribution in [3.63, 3.8) is 0 Å². The quantitative estimate of drug-likeness (QED) is 0.801. The molecule has 0 atom stereocenters. The molecule has 0 saturated heterocycles. The Hall–Kier alpha value is -1.75. The van der Waals surface area contributed by atoms with Gasteiger partial charge in [0.2, 0.25) is 5.91 Å². The van der Waals surface area contributed by atoms with Crippen LogP contribution < -0.4 is 5.32 Å². The summed E-state index contributed by atoms with van der Waals surface area (Å²) in [7, 11) is 3.38. The van der Waals surface area contributed by atoms with E-state index in [1.54, 1.807) is 31.1 Å². The Balaban J connectivity index is 2.34. The van der Waals surface area contributed by atoms with Gasteiger partial charge in [0.15, 0.2) is 5.78 Å². The Morgan fingerprint density at radius 1 is 1.26 bits per heavy atom. The molecule has 1 rings (SSSR count). The SMILES string of the molecule is CNC(=O)CCN(C)CC(=O)Cc1ccc(F)cc1. The zero-order chi connectivity index (χ0) is 14.3. The molecule has 0 radical (unpaired) electrons. The minimum Gasteiger partial charge on any atom is -0.359 e. The summed E-state index contributed by atoms with van der Waals surface area (Å²) in [5.41, 5.74) is 0.797. The van der Waals surface area contributed by atoms with E-state index in [2.05, 4.69) is 5.32 Å². The summed E-state index contributed by atoms with van der Waals surface area (Å²) < 4.78 is 12.7. The van der Waals surface area contributed by atoms with E-state index in [1.807, 2.05) is 0 Å². The molecular formula is C14H19FN2O2. The van der Waals surface area contributed by atoms with Crippen LogP contribution in [0.5, 0.6) is 0 Å². The number of hydrogen-bond donors (Lipinski definition) is 1. The van der Waals surface area contributed by atoms with Gasteiger partial charge in [-0.2, -0.15) is 0 Å². The first kappa shape index (κ1) is 15.3. The van der Waals surface area contributed by atoms with Gasteiger partial charge in [0, 0.05) is 26.4 Å². The number of carbonyl (C=O) groups excluding carboxylic acids is 2. The molecule has 0 fully saturated rings. The summed E-state index contributed by atoms with van der Waals surface area (Å²) in [5.74, 6) is -0.303. The number of likely N-dealkylation sites (N-methyl/N-ethyl adjacent to an activating group) is 1. The lowest BCUT2D eigenvalue weighted by molar-refractivity contribution is -0.122. The first-order valence-electron chi connectivity index (χ1n) is 6.16. The highest BCUT2D eigenvalue weighted by atomic mass is 19.1. The number of benzene rings is 1. The highest BCUT2D eigenvalue weighted by Crippen LogP contribution is 2.04. The highest BCUT2D eigenvalue weighted by molar-refractivity contribution is 5.82. The first-order chi connectivity index (χ1) is 9.01. The normalized spacial score (nSPS) is 10.5. The molecule has 0 bridgehead atoms. The zero-order valence-electron chi connectivity index (χ0n) is 11.3. The number of carbonyl (C=O) groups is 2. The van der Waals surface area contributed by atoms with Crippen molar-refractivity contribution in [2.24, 2.45) is 0 Å². The summed E-state index contributed by atoms with van der Waals surface area (Å²) in [6, 6.07) is 5.91. The minimum absolute atomic E-state index is 0.0437. The van der Waals surface area contributed by atoms with Crippen LogP contribution in [0.4, 0.5) is 4.39 Å². The zero-order valence-corrected chi connectivity index (χ0v) is 11.3. The van der Waals surface area contributed by atoms with Crippen LogP contribution in [-0.2, 0) is 16.0 Å². The minimum atomic E-state index is -0.307. The van der Waals surface area contributed by atoms with Crippen molar-refractivity contribution in [3.05, 3.63) is 35.6 Å². The first-order valence-corrected chi connectivity index (χ1v) is 6.16. The summed E-state index contributed by atoms with van der Waals surface area (Å²) in [6.07, 6.45) is 0.654. The lowest BCUT2D eigenvalue weighted by Crippen LogP contribution is -2.31. The van der Waals surface area contributed by atoms with Crippen molar-refractivity contribution in [2.75, 3.05) is 27.2 Å². The number of ketones is 1. The highest BCUT2D eigenvalue weighted by Gasteiger charge is 2.09. The monoisotopic (exact) mass is 266 g/mol. The molecule has 0 spiro atoms. The molecule has 0 aliphatic rings. The summed E-state index contributed by atoms with van der Waals surface area (Å²) in [6.45, 7) is 0.823. The standard InChI is InChI=1S/C14H19FN2O2/c1-16-14(19)7-8-17(2)10-13(18)9-11-3-5-12(15)6-4-11/h3-6H,7-10H2,1-2H3,(H,16,19). The molecule has 1 aromatic rings. The van der Waals surface area contributed by atoms with Gasteiger partial charge in [-0.1, -0.05) is 12.1 Å². The average Bonchev–Trinajstić information content (AvgIpc) is 2.38. The van der Waals surface area contributed by atoms with Crippen LogP contribution in [0.2, 0.25) is 0 Å². The second-order valence-electron chi connectivity index (χ2n) is 4.50. The predicted octanol–water partition coefficient (Wildman–Crippen LogP) is 1.01. The number of amides is 1. The van der Waals surface area contributed by atoms with Crippen molar-refractivity contribution in [1.82, 2.24) is 10.2 Å². The van der Waals surface area contributed by atoms with Gasteiger partial charge in [-0.15, -0.1) is 0 Å². The predicted molar refractivity (Wildman–Crippen MR) is 71.3 cm³/mol. The van der Waals surface area contributed by atoms with Crippen LogP contribution in [0.25, 0.3) is 0 Å². The van der Waals surface area contributed by atoms with E-state index < -0.39 is 0 Å².